The first-order valence-electron chi connectivity index (χ1n) is 6.19. The number of hydrogen-bond acceptors (Lipinski definition) is 4. The number of non-ortho nitro benzene ring substituents is 1. The molecule has 0 aliphatic heterocycles. The lowest BCUT2D eigenvalue weighted by Crippen LogP contribution is -2.37. The molecule has 0 saturated heterocycles. The van der Waals surface area contributed by atoms with Crippen LogP contribution in [0.2, 0.25) is 0 Å². The number of halogens is 1. The van der Waals surface area contributed by atoms with Gasteiger partial charge in [0.1, 0.15) is 6.04 Å². The summed E-state index contributed by atoms with van der Waals surface area (Å²) in [7, 11) is 0. The highest BCUT2D eigenvalue weighted by atomic mass is 127. The molecule has 0 heterocycles. The topological polar surface area (TPSA) is 92.5 Å². The molecular formula is C13H17IN2O4. The van der Waals surface area contributed by atoms with Crippen LogP contribution in [0.5, 0.6) is 0 Å². The Morgan fingerprint density at radius 1 is 1.45 bits per heavy atom. The molecule has 0 aliphatic rings. The maximum atomic E-state index is 11.1. The van der Waals surface area contributed by atoms with Crippen LogP contribution in [0.1, 0.15) is 25.8 Å². The van der Waals surface area contributed by atoms with Crippen molar-refractivity contribution in [1.82, 2.24) is 5.32 Å². The smallest absolute Gasteiger partial charge is 0.320 e. The van der Waals surface area contributed by atoms with Crippen LogP contribution in [0.15, 0.2) is 18.2 Å². The first-order valence-corrected chi connectivity index (χ1v) is 7.27. The lowest BCUT2D eigenvalue weighted by molar-refractivity contribution is -0.385. The number of carboxylic acid groups (broad SMARTS) is 1. The van der Waals surface area contributed by atoms with Gasteiger partial charge >= 0.3 is 5.97 Å². The molecule has 0 bridgehead atoms. The number of carboxylic acids is 1. The van der Waals surface area contributed by atoms with Crippen molar-refractivity contribution in [2.75, 3.05) is 0 Å². The monoisotopic (exact) mass is 392 g/mol. The van der Waals surface area contributed by atoms with Gasteiger partial charge in [0.15, 0.2) is 0 Å². The molecule has 0 radical (unpaired) electrons. The average molecular weight is 392 g/mol. The third-order valence-corrected chi connectivity index (χ3v) is 3.33. The number of rotatable bonds is 7. The number of nitro groups is 1. The fourth-order valence-corrected chi connectivity index (χ4v) is 2.54. The van der Waals surface area contributed by atoms with Gasteiger partial charge < -0.3 is 10.4 Å². The van der Waals surface area contributed by atoms with Crippen LogP contribution in [-0.2, 0) is 11.3 Å². The van der Waals surface area contributed by atoms with Crippen molar-refractivity contribution in [3.8, 4) is 0 Å². The Labute approximate surface area is 130 Å². The summed E-state index contributed by atoms with van der Waals surface area (Å²) in [4.78, 5) is 21.5. The van der Waals surface area contributed by atoms with Crippen molar-refractivity contribution >= 4 is 34.2 Å². The molecule has 1 aromatic carbocycles. The Hall–Kier alpha value is -1.22. The predicted octanol–water partition coefficient (Wildman–Crippen LogP) is 2.79. The predicted molar refractivity (Wildman–Crippen MR) is 83.5 cm³/mol. The molecule has 2 N–H and O–H groups in total. The molecule has 0 unspecified atom stereocenters. The van der Waals surface area contributed by atoms with E-state index in [1.54, 1.807) is 6.07 Å². The second-order valence-electron chi connectivity index (χ2n) is 4.98. The van der Waals surface area contributed by atoms with Gasteiger partial charge in [0.25, 0.3) is 5.69 Å². The van der Waals surface area contributed by atoms with Gasteiger partial charge in [-0.05, 0) is 46.6 Å². The summed E-state index contributed by atoms with van der Waals surface area (Å²) in [5.41, 5.74) is 0.725. The van der Waals surface area contributed by atoms with Crippen LogP contribution >= 0.6 is 22.6 Å². The van der Waals surface area contributed by atoms with Gasteiger partial charge in [-0.1, -0.05) is 13.8 Å². The number of hydrogen-bond donors (Lipinski definition) is 2. The Morgan fingerprint density at radius 3 is 2.60 bits per heavy atom. The molecule has 1 atom stereocenters. The van der Waals surface area contributed by atoms with Crippen molar-refractivity contribution < 1.29 is 14.8 Å². The van der Waals surface area contributed by atoms with Crippen molar-refractivity contribution in [2.24, 2.45) is 5.92 Å². The molecule has 0 spiro atoms. The van der Waals surface area contributed by atoms with Crippen LogP contribution in [0.4, 0.5) is 5.69 Å². The van der Waals surface area contributed by atoms with Crippen LogP contribution in [-0.4, -0.2) is 22.0 Å². The standard InChI is InChI=1S/C13H17IN2O4/c1-8(2)3-12(13(17)18)15-7-9-4-10(14)6-11(5-9)16(19)20/h4-6,8,12,15H,3,7H2,1-2H3,(H,17,18)/t12-/m1/s1. The van der Waals surface area contributed by atoms with E-state index in [-0.39, 0.29) is 11.6 Å². The van der Waals surface area contributed by atoms with Crippen molar-refractivity contribution in [1.29, 1.82) is 0 Å². The molecule has 0 saturated carbocycles. The van der Waals surface area contributed by atoms with Crippen LogP contribution < -0.4 is 5.32 Å². The number of nitrogens with one attached hydrogen (secondary N) is 1. The number of benzene rings is 1. The molecule has 1 aromatic rings. The highest BCUT2D eigenvalue weighted by Gasteiger charge is 2.18. The van der Waals surface area contributed by atoms with Gasteiger partial charge in [-0.2, -0.15) is 0 Å². The molecule has 0 fully saturated rings. The number of nitrogens with zero attached hydrogens (tertiary/aromatic N) is 1. The van der Waals surface area contributed by atoms with E-state index in [1.807, 2.05) is 36.4 Å². The maximum Gasteiger partial charge on any atom is 0.320 e. The summed E-state index contributed by atoms with van der Waals surface area (Å²) < 4.78 is 0.754. The van der Waals surface area contributed by atoms with E-state index < -0.39 is 16.9 Å². The lowest BCUT2D eigenvalue weighted by atomic mass is 10.0. The Kier molecular flexibility index (Phi) is 6.34. The van der Waals surface area contributed by atoms with E-state index in [0.29, 0.717) is 18.5 Å². The highest BCUT2D eigenvalue weighted by molar-refractivity contribution is 14.1. The van der Waals surface area contributed by atoms with E-state index in [1.165, 1.54) is 12.1 Å². The van der Waals surface area contributed by atoms with Gasteiger partial charge in [-0.25, -0.2) is 0 Å². The molecule has 6 nitrogen and oxygen atoms in total. The lowest BCUT2D eigenvalue weighted by Gasteiger charge is -2.16. The number of aliphatic carboxylic acids is 1. The van der Waals surface area contributed by atoms with Crippen molar-refractivity contribution in [3.05, 3.63) is 37.4 Å². The van der Waals surface area contributed by atoms with Gasteiger partial charge in [0, 0.05) is 22.2 Å². The zero-order valence-electron chi connectivity index (χ0n) is 11.3. The van der Waals surface area contributed by atoms with E-state index in [0.717, 1.165) is 3.57 Å². The van der Waals surface area contributed by atoms with Gasteiger partial charge in [-0.15, -0.1) is 0 Å². The van der Waals surface area contributed by atoms with Crippen molar-refractivity contribution in [3.63, 3.8) is 0 Å². The second kappa shape index (κ2) is 7.53. The zero-order valence-corrected chi connectivity index (χ0v) is 13.5. The fraction of sp³-hybridized carbons (Fsp3) is 0.462. The molecule has 0 amide bonds. The quantitative estimate of drug-likeness (QED) is 0.423. The van der Waals surface area contributed by atoms with E-state index >= 15 is 0 Å². The number of carbonyl (C=O) groups is 1. The van der Waals surface area contributed by atoms with Crippen molar-refractivity contribution in [2.45, 2.75) is 32.9 Å². The molecular weight excluding hydrogens is 375 g/mol. The zero-order chi connectivity index (χ0) is 15.3. The summed E-state index contributed by atoms with van der Waals surface area (Å²) in [6.07, 6.45) is 0.515. The highest BCUT2D eigenvalue weighted by Crippen LogP contribution is 2.19. The molecule has 110 valence electrons. The van der Waals surface area contributed by atoms with E-state index in [4.69, 9.17) is 5.11 Å². The second-order valence-corrected chi connectivity index (χ2v) is 6.22. The third kappa shape index (κ3) is 5.41. The van der Waals surface area contributed by atoms with Crippen LogP contribution in [0.3, 0.4) is 0 Å². The maximum absolute atomic E-state index is 11.1. The SMILES string of the molecule is CC(C)C[C@@H](NCc1cc(I)cc([N+](=O)[O-])c1)C(=O)O. The van der Waals surface area contributed by atoms with Crippen LogP contribution in [0.25, 0.3) is 0 Å². The van der Waals surface area contributed by atoms with E-state index in [2.05, 4.69) is 5.32 Å². The molecule has 1 rings (SSSR count). The summed E-state index contributed by atoms with van der Waals surface area (Å²) in [5.74, 6) is -0.646. The summed E-state index contributed by atoms with van der Waals surface area (Å²) >= 11 is 2.01. The first-order chi connectivity index (χ1) is 9.29. The minimum Gasteiger partial charge on any atom is -0.480 e. The van der Waals surface area contributed by atoms with Gasteiger partial charge in [0.05, 0.1) is 4.92 Å². The first kappa shape index (κ1) is 16.8. The summed E-state index contributed by atoms with van der Waals surface area (Å²) in [6, 6.07) is 4.09. The Morgan fingerprint density at radius 2 is 2.10 bits per heavy atom. The van der Waals surface area contributed by atoms with E-state index in [9.17, 15) is 14.9 Å². The Bertz CT molecular complexity index is 505. The largest absolute Gasteiger partial charge is 0.480 e. The molecule has 20 heavy (non-hydrogen) atoms. The molecule has 7 heteroatoms. The molecule has 0 aromatic heterocycles. The van der Waals surface area contributed by atoms with Gasteiger partial charge in [-0.3, -0.25) is 14.9 Å². The summed E-state index contributed by atoms with van der Waals surface area (Å²) in [6.45, 7) is 4.20. The van der Waals surface area contributed by atoms with Crippen LogP contribution in [0, 0.1) is 19.6 Å². The minimum atomic E-state index is -0.904. The Balaban J connectivity index is 2.77. The normalized spacial score (nSPS) is 12.4. The van der Waals surface area contributed by atoms with Gasteiger partial charge in [0.2, 0.25) is 0 Å². The average Bonchev–Trinajstić information content (AvgIpc) is 2.33. The third-order valence-electron chi connectivity index (χ3n) is 2.71. The molecule has 0 aliphatic carbocycles. The fourth-order valence-electron chi connectivity index (χ4n) is 1.82. The minimum absolute atomic E-state index is 0.0180. The number of nitro benzene ring substituents is 1. The summed E-state index contributed by atoms with van der Waals surface area (Å²) in [5, 5.41) is 22.8.